The first-order valence-corrected chi connectivity index (χ1v) is 4.22. The lowest BCUT2D eigenvalue weighted by Gasteiger charge is -2.04. The first kappa shape index (κ1) is 8.51. The van der Waals surface area contributed by atoms with Gasteiger partial charge in [0.2, 0.25) is 0 Å². The van der Waals surface area contributed by atoms with Gasteiger partial charge in [-0.3, -0.25) is 4.98 Å². The third-order valence-electron chi connectivity index (χ3n) is 1.97. The molecule has 0 saturated heterocycles. The van der Waals surface area contributed by atoms with Gasteiger partial charge in [0.1, 0.15) is 13.0 Å². The maximum Gasteiger partial charge on any atom is 0.129 e. The van der Waals surface area contributed by atoms with Crippen molar-refractivity contribution in [2.75, 3.05) is 0 Å². The number of aryl methyl sites for hydroxylation is 1. The van der Waals surface area contributed by atoms with Crippen molar-refractivity contribution < 1.29 is 0 Å². The highest BCUT2D eigenvalue weighted by molar-refractivity contribution is 6.39. The van der Waals surface area contributed by atoms with E-state index in [1.165, 1.54) is 0 Å². The van der Waals surface area contributed by atoms with Crippen molar-refractivity contribution in [1.82, 2.24) is 9.97 Å². The van der Waals surface area contributed by atoms with Crippen molar-refractivity contribution >= 4 is 35.7 Å². The molecule has 0 saturated carbocycles. The summed E-state index contributed by atoms with van der Waals surface area (Å²) < 4.78 is 0. The predicted molar refractivity (Wildman–Crippen MR) is 54.7 cm³/mol. The Kier molecular flexibility index (Phi) is 1.96. The van der Waals surface area contributed by atoms with Crippen molar-refractivity contribution in [2.24, 2.45) is 0 Å². The van der Waals surface area contributed by atoms with Crippen LogP contribution in [-0.4, -0.2) is 17.8 Å². The second kappa shape index (κ2) is 3.00. The summed E-state index contributed by atoms with van der Waals surface area (Å²) in [6, 6.07) is 1.75. The Bertz CT molecular complexity index is 470. The summed E-state index contributed by atoms with van der Waals surface area (Å²) in [5.74, 6) is 0. The molecule has 0 amide bonds. The Morgan fingerprint density at radius 3 is 2.77 bits per heavy atom. The summed E-state index contributed by atoms with van der Waals surface area (Å²) in [5, 5.41) is 2.31. The van der Waals surface area contributed by atoms with E-state index in [4.69, 9.17) is 19.4 Å². The average molecular weight is 188 g/mol. The van der Waals surface area contributed by atoms with Crippen LogP contribution in [0.3, 0.4) is 0 Å². The van der Waals surface area contributed by atoms with Gasteiger partial charge in [-0.2, -0.15) is 0 Å². The third-order valence-corrected chi connectivity index (χ3v) is 2.18. The lowest BCUT2D eigenvalue weighted by Crippen LogP contribution is -2.06. The van der Waals surface area contributed by atoms with Crippen molar-refractivity contribution in [2.45, 2.75) is 6.92 Å². The van der Waals surface area contributed by atoms with Crippen LogP contribution in [0, 0.1) is 6.92 Å². The minimum absolute atomic E-state index is 0.449. The van der Waals surface area contributed by atoms with Crippen molar-refractivity contribution in [1.29, 1.82) is 0 Å². The smallest absolute Gasteiger partial charge is 0.129 e. The van der Waals surface area contributed by atoms with Gasteiger partial charge in [0.15, 0.2) is 0 Å². The molecule has 2 rings (SSSR count). The lowest BCUT2D eigenvalue weighted by molar-refractivity contribution is 1.23. The predicted octanol–water partition coefficient (Wildman–Crippen LogP) is 1.39. The van der Waals surface area contributed by atoms with Crippen LogP contribution in [0.1, 0.15) is 5.69 Å². The largest absolute Gasteiger partial charge is 0.261 e. The molecule has 0 atom stereocenters. The van der Waals surface area contributed by atoms with Gasteiger partial charge in [-0.05, 0) is 18.4 Å². The normalized spacial score (nSPS) is 10.6. The zero-order chi connectivity index (χ0) is 9.42. The summed E-state index contributed by atoms with van der Waals surface area (Å²) in [6.45, 7) is 1.91. The SMILES string of the molecule is [B]c1cnc(C)c2cnc(Cl)cc12. The number of rotatable bonds is 0. The zero-order valence-electron chi connectivity index (χ0n) is 7.08. The van der Waals surface area contributed by atoms with Crippen LogP contribution in [-0.2, 0) is 0 Å². The molecular weight excluding hydrogens is 182 g/mol. The Hall–Kier alpha value is -1.09. The molecule has 2 radical (unpaired) electrons. The first-order chi connectivity index (χ1) is 6.18. The highest BCUT2D eigenvalue weighted by Crippen LogP contribution is 2.16. The van der Waals surface area contributed by atoms with Gasteiger partial charge in [0.05, 0.1) is 0 Å². The first-order valence-electron chi connectivity index (χ1n) is 3.85. The highest BCUT2D eigenvalue weighted by Gasteiger charge is 2.02. The lowest BCUT2D eigenvalue weighted by atomic mass is 9.92. The van der Waals surface area contributed by atoms with Crippen molar-refractivity contribution in [3.63, 3.8) is 0 Å². The molecule has 0 N–H and O–H groups in total. The summed E-state index contributed by atoms with van der Waals surface area (Å²) in [5.41, 5.74) is 1.54. The van der Waals surface area contributed by atoms with Gasteiger partial charge in [-0.25, -0.2) is 4.98 Å². The van der Waals surface area contributed by atoms with Crippen molar-refractivity contribution in [3.05, 3.63) is 29.3 Å². The molecule has 0 bridgehead atoms. The monoisotopic (exact) mass is 188 g/mol. The second-order valence-corrected chi connectivity index (χ2v) is 3.24. The molecule has 2 aromatic rings. The summed E-state index contributed by atoms with van der Waals surface area (Å²) in [4.78, 5) is 8.11. The number of hydrogen-bond donors (Lipinski definition) is 0. The van der Waals surface area contributed by atoms with Crippen molar-refractivity contribution in [3.8, 4) is 0 Å². The van der Waals surface area contributed by atoms with Gasteiger partial charge in [0, 0.05) is 23.5 Å². The van der Waals surface area contributed by atoms with E-state index >= 15 is 0 Å². The third kappa shape index (κ3) is 1.40. The van der Waals surface area contributed by atoms with E-state index in [9.17, 15) is 0 Å². The fraction of sp³-hybridized carbons (Fsp3) is 0.111. The van der Waals surface area contributed by atoms with Gasteiger partial charge in [-0.15, -0.1) is 0 Å². The molecule has 0 aliphatic heterocycles. The summed E-state index contributed by atoms with van der Waals surface area (Å²) in [6.07, 6.45) is 3.32. The Morgan fingerprint density at radius 1 is 1.23 bits per heavy atom. The van der Waals surface area contributed by atoms with E-state index in [0.29, 0.717) is 10.6 Å². The van der Waals surface area contributed by atoms with E-state index < -0.39 is 0 Å². The maximum absolute atomic E-state index is 5.76. The molecule has 0 aliphatic rings. The van der Waals surface area contributed by atoms with Gasteiger partial charge in [0.25, 0.3) is 0 Å². The van der Waals surface area contributed by atoms with Crippen LogP contribution in [0.5, 0.6) is 0 Å². The number of aromatic nitrogens is 2. The highest BCUT2D eigenvalue weighted by atomic mass is 35.5. The fourth-order valence-electron chi connectivity index (χ4n) is 1.26. The van der Waals surface area contributed by atoms with E-state index in [-0.39, 0.29) is 0 Å². The zero-order valence-corrected chi connectivity index (χ0v) is 7.84. The van der Waals surface area contributed by atoms with Crippen LogP contribution in [0.15, 0.2) is 18.5 Å². The van der Waals surface area contributed by atoms with Crippen LogP contribution in [0.25, 0.3) is 10.8 Å². The second-order valence-electron chi connectivity index (χ2n) is 2.85. The molecule has 0 fully saturated rings. The molecule has 2 aromatic heterocycles. The van der Waals surface area contributed by atoms with E-state index in [1.54, 1.807) is 18.5 Å². The minimum atomic E-state index is 0.449. The Labute approximate surface area is 82.4 Å². The maximum atomic E-state index is 5.76. The van der Waals surface area contributed by atoms with Gasteiger partial charge in [-0.1, -0.05) is 17.1 Å². The Morgan fingerprint density at radius 2 is 2.00 bits per heavy atom. The summed E-state index contributed by atoms with van der Waals surface area (Å²) in [7, 11) is 5.75. The standard InChI is InChI=1S/C9H6BClN2/c1-5-7-3-13-9(11)2-6(7)8(10)4-12-5/h2-4H,1H3. The number of nitrogens with zero attached hydrogens (tertiary/aromatic N) is 2. The minimum Gasteiger partial charge on any atom is -0.261 e. The number of fused-ring (bicyclic) bond motifs is 1. The van der Waals surface area contributed by atoms with Crippen LogP contribution >= 0.6 is 11.6 Å². The number of halogens is 1. The van der Waals surface area contributed by atoms with E-state index in [1.807, 2.05) is 6.92 Å². The fourth-order valence-corrected chi connectivity index (χ4v) is 1.42. The van der Waals surface area contributed by atoms with Gasteiger partial charge < -0.3 is 0 Å². The van der Waals surface area contributed by atoms with E-state index in [0.717, 1.165) is 16.5 Å². The molecule has 0 aromatic carbocycles. The van der Waals surface area contributed by atoms with Crippen LogP contribution in [0.2, 0.25) is 5.15 Å². The Balaban J connectivity index is 2.92. The molecule has 2 nitrogen and oxygen atoms in total. The average Bonchev–Trinajstić information content (AvgIpc) is 2.12. The molecule has 2 heterocycles. The van der Waals surface area contributed by atoms with Crippen LogP contribution < -0.4 is 5.46 Å². The molecule has 0 spiro atoms. The molecule has 4 heteroatoms. The van der Waals surface area contributed by atoms with E-state index in [2.05, 4.69) is 9.97 Å². The quantitative estimate of drug-likeness (QED) is 0.461. The van der Waals surface area contributed by atoms with Crippen LogP contribution in [0.4, 0.5) is 0 Å². The van der Waals surface area contributed by atoms with Gasteiger partial charge >= 0.3 is 0 Å². The molecule has 0 aliphatic carbocycles. The molecule has 13 heavy (non-hydrogen) atoms. The molecule has 62 valence electrons. The number of hydrogen-bond acceptors (Lipinski definition) is 2. The number of pyridine rings is 2. The summed E-state index contributed by atoms with van der Waals surface area (Å²) >= 11 is 5.76. The topological polar surface area (TPSA) is 25.8 Å². The molecule has 0 unspecified atom stereocenters. The molecular formula is C9H6BClN2.